The minimum Gasteiger partial charge on any atom is -0.530 e. The van der Waals surface area contributed by atoms with Gasteiger partial charge in [0.15, 0.2) is 0 Å². The molecule has 0 aliphatic rings. The smallest absolute Gasteiger partial charge is 0.416 e. The maximum absolute atomic E-state index is 12.6. The van der Waals surface area contributed by atoms with Crippen LogP contribution in [0.3, 0.4) is 0 Å². The van der Waals surface area contributed by atoms with E-state index in [1.54, 1.807) is 5.32 Å². The Morgan fingerprint density at radius 1 is 1.32 bits per heavy atom. The third kappa shape index (κ3) is 5.04. The second-order valence-corrected chi connectivity index (χ2v) is 3.50. The summed E-state index contributed by atoms with van der Waals surface area (Å²) in [4.78, 5) is 10.3. The van der Waals surface area contributed by atoms with Gasteiger partial charge < -0.3 is 24.7 Å². The molecule has 0 saturated carbocycles. The van der Waals surface area contributed by atoms with Crippen molar-refractivity contribution in [2.45, 2.75) is 6.18 Å². The molecule has 106 valence electrons. The van der Waals surface area contributed by atoms with Crippen LogP contribution in [-0.2, 0) is 10.9 Å². The van der Waals surface area contributed by atoms with E-state index in [9.17, 15) is 23.1 Å². The van der Waals surface area contributed by atoms with E-state index in [1.165, 1.54) is 7.11 Å². The number of anilines is 1. The highest BCUT2D eigenvalue weighted by atomic mass is 19.4. The summed E-state index contributed by atoms with van der Waals surface area (Å²) in [6.07, 6.45) is -6.31. The minimum atomic E-state index is -4.61. The number of carbonyl (C=O) groups is 1. The molecule has 0 spiro atoms. The molecule has 0 aromatic heterocycles. The lowest BCUT2D eigenvalue weighted by Gasteiger charge is -2.14. The summed E-state index contributed by atoms with van der Waals surface area (Å²) in [5, 5.41) is 12.1. The first-order valence-corrected chi connectivity index (χ1v) is 5.15. The number of ether oxygens (including phenoxy) is 2. The maximum Gasteiger partial charge on any atom is 0.416 e. The summed E-state index contributed by atoms with van der Waals surface area (Å²) >= 11 is 0. The SMILES string of the molecule is COCCOc1cc(NC(=O)[O-])cc(C(F)(F)F)c1. The summed E-state index contributed by atoms with van der Waals surface area (Å²) in [5.41, 5.74) is -1.30. The van der Waals surface area contributed by atoms with Gasteiger partial charge in [0.1, 0.15) is 18.4 Å². The minimum absolute atomic E-state index is 0.0442. The average Bonchev–Trinajstić information content (AvgIpc) is 2.27. The second-order valence-electron chi connectivity index (χ2n) is 3.50. The fraction of sp³-hybridized carbons (Fsp3) is 0.364. The number of alkyl halides is 3. The van der Waals surface area contributed by atoms with Gasteiger partial charge in [-0.1, -0.05) is 0 Å². The van der Waals surface area contributed by atoms with Gasteiger partial charge in [-0.2, -0.15) is 13.2 Å². The molecule has 1 N–H and O–H groups in total. The predicted octanol–water partition coefficient (Wildman–Crippen LogP) is 1.49. The van der Waals surface area contributed by atoms with E-state index in [4.69, 9.17) is 4.74 Å². The number of amides is 1. The lowest BCUT2D eigenvalue weighted by Crippen LogP contribution is -2.28. The van der Waals surface area contributed by atoms with E-state index >= 15 is 0 Å². The van der Waals surface area contributed by atoms with Crippen LogP contribution in [0.4, 0.5) is 23.7 Å². The van der Waals surface area contributed by atoms with Crippen molar-refractivity contribution in [2.75, 3.05) is 25.6 Å². The molecule has 0 aliphatic carbocycles. The molecule has 19 heavy (non-hydrogen) atoms. The van der Waals surface area contributed by atoms with Gasteiger partial charge in [-0.3, -0.25) is 0 Å². The van der Waals surface area contributed by atoms with Gasteiger partial charge in [0.25, 0.3) is 0 Å². The Hall–Kier alpha value is -1.96. The number of carboxylic acid groups (broad SMARTS) is 1. The van der Waals surface area contributed by atoms with Gasteiger partial charge in [0.2, 0.25) is 0 Å². The molecule has 1 aromatic rings. The molecule has 0 unspecified atom stereocenters. The first-order chi connectivity index (χ1) is 8.82. The Morgan fingerprint density at radius 3 is 2.53 bits per heavy atom. The van der Waals surface area contributed by atoms with Crippen molar-refractivity contribution in [3.8, 4) is 5.75 Å². The zero-order valence-electron chi connectivity index (χ0n) is 9.91. The van der Waals surface area contributed by atoms with Crippen LogP contribution in [0.1, 0.15) is 5.56 Å². The molecule has 1 aromatic carbocycles. The summed E-state index contributed by atoms with van der Waals surface area (Å²) in [6, 6.07) is 2.55. The van der Waals surface area contributed by atoms with Crippen molar-refractivity contribution in [2.24, 2.45) is 0 Å². The van der Waals surface area contributed by atoms with E-state index in [-0.39, 0.29) is 24.7 Å². The fourth-order valence-electron chi connectivity index (χ4n) is 1.28. The monoisotopic (exact) mass is 278 g/mol. The Kier molecular flexibility index (Phi) is 4.99. The number of rotatable bonds is 5. The van der Waals surface area contributed by atoms with E-state index in [0.717, 1.165) is 12.1 Å². The number of hydrogen-bond acceptors (Lipinski definition) is 4. The molecular weight excluding hydrogens is 267 g/mol. The summed E-state index contributed by atoms with van der Waals surface area (Å²) in [7, 11) is 1.42. The van der Waals surface area contributed by atoms with Gasteiger partial charge in [-0.25, -0.2) is 0 Å². The molecule has 1 rings (SSSR count). The summed E-state index contributed by atoms with van der Waals surface area (Å²) in [5.74, 6) is -0.115. The van der Waals surface area contributed by atoms with Crippen LogP contribution in [0.2, 0.25) is 0 Å². The summed E-state index contributed by atoms with van der Waals surface area (Å²) in [6.45, 7) is 0.238. The van der Waals surface area contributed by atoms with Crippen molar-refractivity contribution in [3.05, 3.63) is 23.8 Å². The molecule has 5 nitrogen and oxygen atoms in total. The normalized spacial score (nSPS) is 11.2. The molecule has 0 fully saturated rings. The Labute approximate surface area is 106 Å². The van der Waals surface area contributed by atoms with Gasteiger partial charge in [0, 0.05) is 18.9 Å². The Balaban J connectivity index is 2.98. The Bertz CT molecular complexity index is 448. The van der Waals surface area contributed by atoms with Crippen LogP contribution >= 0.6 is 0 Å². The second kappa shape index (κ2) is 6.28. The third-order valence-corrected chi connectivity index (χ3v) is 2.04. The standard InChI is InChI=1S/C11H12F3NO4/c1-18-2-3-19-9-5-7(11(12,13)14)4-8(6-9)15-10(16)17/h4-6,15H,2-3H2,1H3,(H,16,17)/p-1. The average molecular weight is 278 g/mol. The van der Waals surface area contributed by atoms with Crippen molar-refractivity contribution < 1.29 is 32.5 Å². The van der Waals surface area contributed by atoms with Crippen LogP contribution in [0, 0.1) is 0 Å². The molecule has 0 aliphatic heterocycles. The number of benzene rings is 1. The molecule has 0 bridgehead atoms. The highest BCUT2D eigenvalue weighted by Gasteiger charge is 2.31. The van der Waals surface area contributed by atoms with E-state index in [2.05, 4.69) is 4.74 Å². The lowest BCUT2D eigenvalue weighted by molar-refractivity contribution is -0.242. The van der Waals surface area contributed by atoms with Crippen LogP contribution in [0.5, 0.6) is 5.75 Å². The van der Waals surface area contributed by atoms with Gasteiger partial charge in [0.05, 0.1) is 12.2 Å². The first-order valence-electron chi connectivity index (χ1n) is 5.15. The highest BCUT2D eigenvalue weighted by molar-refractivity contribution is 5.81. The van der Waals surface area contributed by atoms with Crippen molar-refractivity contribution in [1.29, 1.82) is 0 Å². The molecule has 1 amide bonds. The van der Waals surface area contributed by atoms with Gasteiger partial charge in [-0.05, 0) is 12.1 Å². The summed E-state index contributed by atoms with van der Waals surface area (Å²) < 4.78 is 47.5. The third-order valence-electron chi connectivity index (χ3n) is 2.04. The molecule has 8 heteroatoms. The van der Waals surface area contributed by atoms with E-state index < -0.39 is 17.8 Å². The largest absolute Gasteiger partial charge is 0.530 e. The van der Waals surface area contributed by atoms with Crippen LogP contribution < -0.4 is 15.2 Å². The Morgan fingerprint density at radius 2 is 2.00 bits per heavy atom. The maximum atomic E-state index is 12.6. The molecule has 0 saturated heterocycles. The van der Waals surface area contributed by atoms with Crippen molar-refractivity contribution >= 4 is 11.8 Å². The van der Waals surface area contributed by atoms with Gasteiger partial charge >= 0.3 is 6.18 Å². The number of halogens is 3. The van der Waals surface area contributed by atoms with Crippen molar-refractivity contribution in [3.63, 3.8) is 0 Å². The topological polar surface area (TPSA) is 70.6 Å². The number of nitrogens with one attached hydrogen (secondary N) is 1. The zero-order chi connectivity index (χ0) is 14.5. The molecular formula is C11H11F3NO4-. The zero-order valence-corrected chi connectivity index (χ0v) is 9.91. The quantitative estimate of drug-likeness (QED) is 0.828. The first kappa shape index (κ1) is 15.1. The van der Waals surface area contributed by atoms with Crippen LogP contribution in [0.25, 0.3) is 0 Å². The van der Waals surface area contributed by atoms with Crippen LogP contribution in [-0.4, -0.2) is 26.4 Å². The van der Waals surface area contributed by atoms with Gasteiger partial charge in [-0.15, -0.1) is 0 Å². The van der Waals surface area contributed by atoms with Crippen molar-refractivity contribution in [1.82, 2.24) is 0 Å². The molecule has 0 atom stereocenters. The molecule has 0 radical (unpaired) electrons. The van der Waals surface area contributed by atoms with E-state index in [0.29, 0.717) is 6.07 Å². The van der Waals surface area contributed by atoms with E-state index in [1.807, 2.05) is 0 Å². The number of carbonyl (C=O) groups excluding carboxylic acids is 1. The lowest BCUT2D eigenvalue weighted by atomic mass is 10.2. The highest BCUT2D eigenvalue weighted by Crippen LogP contribution is 2.34. The fourth-order valence-corrected chi connectivity index (χ4v) is 1.28. The van der Waals surface area contributed by atoms with Crippen LogP contribution in [0.15, 0.2) is 18.2 Å². The number of methoxy groups -OCH3 is 1. The number of hydrogen-bond donors (Lipinski definition) is 1. The molecule has 0 heterocycles. The predicted molar refractivity (Wildman–Crippen MR) is 57.8 cm³/mol.